The number of carbonyl (C=O) groups is 3. The Hall–Kier alpha value is -4.42. The number of unbranched alkanes of at least 4 members (excludes halogenated alkanes) is 6. The number of ether oxygens (including phenoxy) is 1. The van der Waals surface area contributed by atoms with Crippen LogP contribution in [-0.4, -0.2) is 54.8 Å². The number of nitrogens with zero attached hydrogens (tertiary/aromatic N) is 3. The second kappa shape index (κ2) is 18.3. The third kappa shape index (κ3) is 10.8. The molecule has 2 aromatic heterocycles. The molecule has 0 fully saturated rings. The Labute approximate surface area is 324 Å². The van der Waals surface area contributed by atoms with E-state index < -0.39 is 23.0 Å². The van der Waals surface area contributed by atoms with Crippen molar-refractivity contribution in [1.82, 2.24) is 25.1 Å². The molecular weight excluding hydrogens is 706 g/mol. The number of carbonyl (C=O) groups excluding carboxylic acids is 3. The van der Waals surface area contributed by atoms with E-state index in [2.05, 4.69) is 58.9 Å². The van der Waals surface area contributed by atoms with Crippen LogP contribution in [0.15, 0.2) is 48.5 Å². The minimum Gasteiger partial charge on any atom is -0.482 e. The number of para-hydroxylation sites is 2. The maximum atomic E-state index is 13.3. The zero-order chi connectivity index (χ0) is 39.7. The van der Waals surface area contributed by atoms with Crippen LogP contribution in [0.4, 0.5) is 11.4 Å². The Morgan fingerprint density at radius 2 is 1.56 bits per heavy atom. The van der Waals surface area contributed by atoms with Crippen LogP contribution in [0.5, 0.6) is 5.75 Å². The third-order valence-electron chi connectivity index (χ3n) is 10.1. The van der Waals surface area contributed by atoms with E-state index in [1.54, 1.807) is 53.0 Å². The smallest absolute Gasteiger partial charge is 0.258 e. The summed E-state index contributed by atoms with van der Waals surface area (Å²) in [6, 6.07) is 13.7. The minimum atomic E-state index is -1.11. The highest BCUT2D eigenvalue weighted by atomic mass is 35.5. The van der Waals surface area contributed by atoms with Crippen molar-refractivity contribution in [1.29, 1.82) is 0 Å². The Kier molecular flexibility index (Phi) is 14.3. The maximum Gasteiger partial charge on any atom is 0.258 e. The van der Waals surface area contributed by atoms with Gasteiger partial charge in [0, 0.05) is 28.5 Å². The van der Waals surface area contributed by atoms with Gasteiger partial charge in [-0.15, -0.1) is 10.2 Å². The van der Waals surface area contributed by atoms with Gasteiger partial charge in [-0.05, 0) is 50.1 Å². The highest BCUT2D eigenvalue weighted by Crippen LogP contribution is 2.37. The van der Waals surface area contributed by atoms with Gasteiger partial charge in [-0.1, -0.05) is 116 Å². The zero-order valence-electron chi connectivity index (χ0n) is 33.1. The molecule has 0 saturated heterocycles. The van der Waals surface area contributed by atoms with Crippen molar-refractivity contribution in [3.63, 3.8) is 0 Å². The summed E-state index contributed by atoms with van der Waals surface area (Å²) in [7, 11) is 0. The Balaban J connectivity index is 1.30. The van der Waals surface area contributed by atoms with Gasteiger partial charge in [-0.2, -0.15) is 0 Å². The van der Waals surface area contributed by atoms with Crippen molar-refractivity contribution < 1.29 is 24.2 Å². The van der Waals surface area contributed by atoms with Crippen LogP contribution < -0.4 is 20.7 Å². The molecule has 0 aliphatic rings. The number of anilines is 2. The molecule has 54 heavy (non-hydrogen) atoms. The van der Waals surface area contributed by atoms with Gasteiger partial charge in [0.15, 0.2) is 18.1 Å². The van der Waals surface area contributed by atoms with E-state index in [9.17, 15) is 19.5 Å². The number of halogens is 1. The lowest BCUT2D eigenvalue weighted by Crippen LogP contribution is -2.57. The van der Waals surface area contributed by atoms with Crippen LogP contribution in [0.25, 0.3) is 5.65 Å². The molecule has 0 radical (unpaired) electrons. The number of benzene rings is 2. The number of fused-ring (bicyclic) bond motifs is 1. The second-order valence-electron chi connectivity index (χ2n) is 16.1. The van der Waals surface area contributed by atoms with Crippen LogP contribution in [0, 0.1) is 0 Å². The van der Waals surface area contributed by atoms with E-state index in [-0.39, 0.29) is 30.3 Å². The van der Waals surface area contributed by atoms with Crippen LogP contribution >= 0.6 is 11.6 Å². The molecule has 0 bridgehead atoms. The van der Waals surface area contributed by atoms with Crippen LogP contribution in [0.3, 0.4) is 0 Å². The summed E-state index contributed by atoms with van der Waals surface area (Å²) in [4.78, 5) is 38.8. The van der Waals surface area contributed by atoms with Crippen LogP contribution in [0.2, 0.25) is 5.02 Å². The predicted molar refractivity (Wildman–Crippen MR) is 214 cm³/mol. The molecule has 5 N–H and O–H groups in total. The molecule has 1 unspecified atom stereocenters. The predicted octanol–water partition coefficient (Wildman–Crippen LogP) is 8.40. The fraction of sp³-hybridized carbons (Fsp3) is 0.537. The first-order valence-corrected chi connectivity index (χ1v) is 19.4. The normalized spacial score (nSPS) is 12.8. The van der Waals surface area contributed by atoms with Gasteiger partial charge in [0.2, 0.25) is 11.8 Å². The fourth-order valence-corrected chi connectivity index (χ4v) is 6.60. The Morgan fingerprint density at radius 1 is 0.870 bits per heavy atom. The maximum absolute atomic E-state index is 13.3. The molecular formula is C41H58ClN7O5. The molecule has 0 spiro atoms. The summed E-state index contributed by atoms with van der Waals surface area (Å²) in [6.45, 7) is 15.8. The highest BCUT2D eigenvalue weighted by Gasteiger charge is 2.44. The SMILES string of the molecule is CCCCCCCCCC(=O)Nc1cccc(C(O)CC(=O)Nc2ccccc2OCC(=O)NC(C)(C)C(C)(C)c2nnc3c(Cl)c(C(C)(C)C)[nH]n23)c1. The molecule has 3 amide bonds. The van der Waals surface area contributed by atoms with Gasteiger partial charge in [-0.3, -0.25) is 19.5 Å². The summed E-state index contributed by atoms with van der Waals surface area (Å²) in [5, 5.41) is 32.3. The first-order valence-electron chi connectivity index (χ1n) is 19.0. The number of aliphatic hydroxyl groups excluding tert-OH is 1. The number of aliphatic hydroxyl groups is 1. The molecule has 2 heterocycles. The van der Waals surface area contributed by atoms with E-state index in [0.717, 1.165) is 25.0 Å². The molecule has 294 valence electrons. The largest absolute Gasteiger partial charge is 0.482 e. The Morgan fingerprint density at radius 3 is 2.26 bits per heavy atom. The summed E-state index contributed by atoms with van der Waals surface area (Å²) in [5.74, 6) is 0.0104. The van der Waals surface area contributed by atoms with E-state index in [1.807, 2.05) is 27.7 Å². The molecule has 2 aromatic carbocycles. The van der Waals surface area contributed by atoms with Crippen molar-refractivity contribution in [3.8, 4) is 5.75 Å². The fourth-order valence-electron chi connectivity index (χ4n) is 6.15. The molecule has 4 rings (SSSR count). The van der Waals surface area contributed by atoms with Crippen molar-refractivity contribution in [2.24, 2.45) is 0 Å². The molecule has 0 saturated carbocycles. The molecule has 0 aliphatic heterocycles. The molecule has 0 aliphatic carbocycles. The lowest BCUT2D eigenvalue weighted by atomic mass is 9.73. The quantitative estimate of drug-likeness (QED) is 0.0599. The molecule has 12 nitrogen and oxygen atoms in total. The number of amides is 3. The molecule has 4 aromatic rings. The van der Waals surface area contributed by atoms with Crippen molar-refractivity contribution in [2.45, 2.75) is 136 Å². The van der Waals surface area contributed by atoms with Gasteiger partial charge < -0.3 is 25.8 Å². The van der Waals surface area contributed by atoms with Crippen molar-refractivity contribution in [3.05, 3.63) is 70.6 Å². The summed E-state index contributed by atoms with van der Waals surface area (Å²) in [5.41, 5.74) is 1.03. The average Bonchev–Trinajstić information content (AvgIpc) is 3.67. The van der Waals surface area contributed by atoms with E-state index in [1.165, 1.54) is 25.7 Å². The number of rotatable bonds is 19. The van der Waals surface area contributed by atoms with Crippen LogP contribution in [-0.2, 0) is 25.2 Å². The topological polar surface area (TPSA) is 163 Å². The summed E-state index contributed by atoms with van der Waals surface area (Å²) < 4.78 is 7.66. The average molecular weight is 764 g/mol. The third-order valence-corrected chi connectivity index (χ3v) is 10.4. The van der Waals surface area contributed by atoms with Crippen LogP contribution in [0.1, 0.15) is 136 Å². The lowest BCUT2D eigenvalue weighted by molar-refractivity contribution is -0.125. The van der Waals surface area contributed by atoms with E-state index >= 15 is 0 Å². The number of H-pyrrole nitrogens is 1. The van der Waals surface area contributed by atoms with Gasteiger partial charge in [0.05, 0.1) is 23.9 Å². The summed E-state index contributed by atoms with van der Waals surface area (Å²) >= 11 is 6.66. The van der Waals surface area contributed by atoms with Crippen molar-refractivity contribution in [2.75, 3.05) is 17.2 Å². The van der Waals surface area contributed by atoms with Gasteiger partial charge in [0.25, 0.3) is 5.91 Å². The molecule has 1 atom stereocenters. The second-order valence-corrected chi connectivity index (χ2v) is 16.5. The lowest BCUT2D eigenvalue weighted by Gasteiger charge is -2.40. The van der Waals surface area contributed by atoms with Gasteiger partial charge >= 0.3 is 0 Å². The first-order chi connectivity index (χ1) is 25.4. The number of hydrogen-bond donors (Lipinski definition) is 5. The summed E-state index contributed by atoms with van der Waals surface area (Å²) in [6.07, 6.45) is 7.02. The van der Waals surface area contributed by atoms with E-state index in [4.69, 9.17) is 16.3 Å². The van der Waals surface area contributed by atoms with Gasteiger partial charge in [0.1, 0.15) is 10.8 Å². The highest BCUT2D eigenvalue weighted by molar-refractivity contribution is 6.34. The number of nitrogens with one attached hydrogen (secondary N) is 4. The zero-order valence-corrected chi connectivity index (χ0v) is 33.8. The number of aromatic nitrogens is 4. The monoisotopic (exact) mass is 763 g/mol. The molecule has 13 heteroatoms. The van der Waals surface area contributed by atoms with E-state index in [0.29, 0.717) is 45.6 Å². The minimum absolute atomic E-state index is 0.0705. The standard InChI is InChI=1S/C41H58ClN7O5/c1-9-10-11-12-13-14-15-23-32(51)43-28-20-18-19-27(24-28)30(50)25-33(52)44-29-21-16-17-22-31(29)54-26-34(53)45-41(7,8)40(5,6)38-47-46-37-35(42)36(39(2,3)4)48-49(37)38/h16-22,24,30,48,50H,9-15,23,25-26H2,1-8H3,(H,43,51)(H,44,52)(H,45,53). The Bertz CT molecular complexity index is 1890. The van der Waals surface area contributed by atoms with Gasteiger partial charge in [-0.25, -0.2) is 4.52 Å². The number of aromatic amines is 1. The first kappa shape index (κ1) is 42.3. The van der Waals surface area contributed by atoms with Crippen molar-refractivity contribution >= 4 is 46.3 Å². The number of hydrogen-bond acceptors (Lipinski definition) is 7.